The van der Waals surface area contributed by atoms with Crippen molar-refractivity contribution in [3.8, 4) is 0 Å². The summed E-state index contributed by atoms with van der Waals surface area (Å²) in [6.45, 7) is 1.66. The average Bonchev–Trinajstić information content (AvgIpc) is 3.32. The molecule has 1 heterocycles. The SMILES string of the molecule is CCOC(=O)c1cccc(NC(=O)CN2C(=O)[C@@H]3[C@@H](C2=O)[C@H]2C=C[C@H]3C2)c1. The molecule has 1 N–H and O–H groups in total. The van der Waals surface area contributed by atoms with E-state index in [-0.39, 0.29) is 48.6 Å². The molecular weight excluding hydrogens is 348 g/mol. The molecule has 1 saturated heterocycles. The van der Waals surface area contributed by atoms with E-state index in [2.05, 4.69) is 5.32 Å². The molecule has 3 aliphatic rings. The zero-order valence-corrected chi connectivity index (χ0v) is 14.9. The van der Waals surface area contributed by atoms with E-state index >= 15 is 0 Å². The molecule has 27 heavy (non-hydrogen) atoms. The largest absolute Gasteiger partial charge is 0.462 e. The van der Waals surface area contributed by atoms with Crippen LogP contribution in [0.25, 0.3) is 0 Å². The fourth-order valence-electron chi connectivity index (χ4n) is 4.40. The number of rotatable bonds is 5. The average molecular weight is 368 g/mol. The van der Waals surface area contributed by atoms with Crippen LogP contribution in [0, 0.1) is 23.7 Å². The second-order valence-electron chi connectivity index (χ2n) is 7.11. The zero-order chi connectivity index (χ0) is 19.1. The van der Waals surface area contributed by atoms with Crippen molar-refractivity contribution >= 4 is 29.4 Å². The van der Waals surface area contributed by atoms with Crippen LogP contribution in [0.15, 0.2) is 36.4 Å². The number of likely N-dealkylation sites (tertiary alicyclic amines) is 1. The maximum absolute atomic E-state index is 12.6. The molecule has 0 unspecified atom stereocenters. The maximum atomic E-state index is 12.6. The Balaban J connectivity index is 1.42. The first-order valence-corrected chi connectivity index (χ1v) is 9.10. The first-order chi connectivity index (χ1) is 13.0. The van der Waals surface area contributed by atoms with E-state index in [1.807, 2.05) is 12.2 Å². The van der Waals surface area contributed by atoms with Crippen LogP contribution in [0.1, 0.15) is 23.7 Å². The molecule has 1 saturated carbocycles. The van der Waals surface area contributed by atoms with Gasteiger partial charge in [-0.05, 0) is 43.4 Å². The number of hydrogen-bond donors (Lipinski definition) is 1. The third kappa shape index (κ3) is 2.93. The Morgan fingerprint density at radius 2 is 1.81 bits per heavy atom. The molecule has 0 radical (unpaired) electrons. The molecule has 0 spiro atoms. The lowest BCUT2D eigenvalue weighted by Crippen LogP contribution is -2.39. The molecule has 1 aliphatic heterocycles. The molecule has 4 atom stereocenters. The Kier molecular flexibility index (Phi) is 4.30. The number of amides is 3. The van der Waals surface area contributed by atoms with E-state index in [0.717, 1.165) is 11.3 Å². The molecule has 2 aliphatic carbocycles. The first-order valence-electron chi connectivity index (χ1n) is 9.10. The quantitative estimate of drug-likeness (QED) is 0.484. The third-order valence-electron chi connectivity index (χ3n) is 5.52. The number of carbonyl (C=O) groups excluding carboxylic acids is 4. The number of carbonyl (C=O) groups is 4. The number of allylic oxidation sites excluding steroid dienone is 2. The Morgan fingerprint density at radius 1 is 1.15 bits per heavy atom. The number of hydrogen-bond acceptors (Lipinski definition) is 5. The molecule has 1 aromatic rings. The molecule has 1 aromatic carbocycles. The molecule has 7 nitrogen and oxygen atoms in total. The van der Waals surface area contributed by atoms with Crippen LogP contribution >= 0.6 is 0 Å². The first kappa shape index (κ1) is 17.5. The van der Waals surface area contributed by atoms with Gasteiger partial charge in [0.15, 0.2) is 0 Å². The number of fused-ring (bicyclic) bond motifs is 5. The number of anilines is 1. The van der Waals surface area contributed by atoms with Gasteiger partial charge in [-0.1, -0.05) is 18.2 Å². The van der Waals surface area contributed by atoms with Crippen LogP contribution in [0.4, 0.5) is 5.69 Å². The minimum absolute atomic E-state index is 0.116. The summed E-state index contributed by atoms with van der Waals surface area (Å²) in [4.78, 5) is 50.5. The fraction of sp³-hybridized carbons (Fsp3) is 0.400. The van der Waals surface area contributed by atoms with Gasteiger partial charge in [-0.15, -0.1) is 0 Å². The zero-order valence-electron chi connectivity index (χ0n) is 14.9. The number of benzene rings is 1. The normalized spacial score (nSPS) is 27.8. The highest BCUT2D eigenvalue weighted by Crippen LogP contribution is 2.52. The summed E-state index contributed by atoms with van der Waals surface area (Å²) >= 11 is 0. The second kappa shape index (κ2) is 6.64. The van der Waals surface area contributed by atoms with Crippen molar-refractivity contribution in [3.63, 3.8) is 0 Å². The lowest BCUT2D eigenvalue weighted by molar-refractivity contribution is -0.143. The molecule has 4 rings (SSSR count). The monoisotopic (exact) mass is 368 g/mol. The van der Waals surface area contributed by atoms with Gasteiger partial charge < -0.3 is 10.1 Å². The van der Waals surface area contributed by atoms with Gasteiger partial charge in [-0.25, -0.2) is 4.79 Å². The molecule has 2 fully saturated rings. The lowest BCUT2D eigenvalue weighted by Gasteiger charge is -2.17. The Labute approximate surface area is 156 Å². The Bertz CT molecular complexity index is 832. The van der Waals surface area contributed by atoms with Crippen molar-refractivity contribution in [2.45, 2.75) is 13.3 Å². The summed E-state index contributed by atoms with van der Waals surface area (Å²) in [5, 5.41) is 2.64. The van der Waals surface area contributed by atoms with Gasteiger partial charge in [0.1, 0.15) is 6.54 Å². The number of ether oxygens (including phenoxy) is 1. The van der Waals surface area contributed by atoms with Gasteiger partial charge in [0.2, 0.25) is 17.7 Å². The summed E-state index contributed by atoms with van der Waals surface area (Å²) in [5.41, 5.74) is 0.728. The van der Waals surface area contributed by atoms with Crippen molar-refractivity contribution in [2.24, 2.45) is 23.7 Å². The van der Waals surface area contributed by atoms with Gasteiger partial charge >= 0.3 is 5.97 Å². The summed E-state index contributed by atoms with van der Waals surface area (Å²) in [6, 6.07) is 6.35. The molecule has 7 heteroatoms. The predicted octanol–water partition coefficient (Wildman–Crippen LogP) is 1.61. The summed E-state index contributed by atoms with van der Waals surface area (Å²) in [7, 11) is 0. The van der Waals surface area contributed by atoms with Gasteiger partial charge in [-0.3, -0.25) is 19.3 Å². The number of imide groups is 1. The Morgan fingerprint density at radius 3 is 2.44 bits per heavy atom. The Hall–Kier alpha value is -2.96. The van der Waals surface area contributed by atoms with E-state index in [1.165, 1.54) is 6.07 Å². The van der Waals surface area contributed by atoms with Crippen LogP contribution in [0.2, 0.25) is 0 Å². The highest BCUT2D eigenvalue weighted by molar-refractivity contribution is 6.09. The minimum Gasteiger partial charge on any atom is -0.462 e. The highest BCUT2D eigenvalue weighted by atomic mass is 16.5. The predicted molar refractivity (Wildman–Crippen MR) is 95.5 cm³/mol. The van der Waals surface area contributed by atoms with Crippen molar-refractivity contribution in [3.05, 3.63) is 42.0 Å². The van der Waals surface area contributed by atoms with Crippen LogP contribution in [-0.2, 0) is 19.1 Å². The van der Waals surface area contributed by atoms with Gasteiger partial charge in [0.05, 0.1) is 24.0 Å². The maximum Gasteiger partial charge on any atom is 0.338 e. The number of nitrogens with one attached hydrogen (secondary N) is 1. The van der Waals surface area contributed by atoms with E-state index in [9.17, 15) is 19.2 Å². The van der Waals surface area contributed by atoms with Gasteiger partial charge in [0, 0.05) is 5.69 Å². The topological polar surface area (TPSA) is 92.8 Å². The van der Waals surface area contributed by atoms with E-state index in [1.54, 1.807) is 25.1 Å². The van der Waals surface area contributed by atoms with Crippen molar-refractivity contribution in [1.82, 2.24) is 4.90 Å². The standard InChI is InChI=1S/C20H20N2O5/c1-2-27-20(26)13-4-3-5-14(9-13)21-15(23)10-22-18(24)16-11-6-7-12(8-11)17(16)19(22)25/h3-7,9,11-12,16-17H,2,8,10H2,1H3,(H,21,23)/t11-,12-,16-,17-/m0/s1. The number of nitrogens with zero attached hydrogens (tertiary/aromatic N) is 1. The van der Waals surface area contributed by atoms with Crippen LogP contribution < -0.4 is 5.32 Å². The molecular formula is C20H20N2O5. The van der Waals surface area contributed by atoms with Crippen LogP contribution in [0.3, 0.4) is 0 Å². The molecule has 3 amide bonds. The van der Waals surface area contributed by atoms with Crippen molar-refractivity contribution in [2.75, 3.05) is 18.5 Å². The van der Waals surface area contributed by atoms with Crippen LogP contribution in [0.5, 0.6) is 0 Å². The second-order valence-corrected chi connectivity index (χ2v) is 7.11. The molecule has 0 aromatic heterocycles. The highest BCUT2D eigenvalue weighted by Gasteiger charge is 2.59. The third-order valence-corrected chi connectivity index (χ3v) is 5.52. The van der Waals surface area contributed by atoms with Gasteiger partial charge in [0.25, 0.3) is 0 Å². The summed E-state index contributed by atoms with van der Waals surface area (Å²) in [5.74, 6) is -1.85. The van der Waals surface area contributed by atoms with Crippen molar-refractivity contribution in [1.29, 1.82) is 0 Å². The minimum atomic E-state index is -0.478. The van der Waals surface area contributed by atoms with Crippen molar-refractivity contribution < 1.29 is 23.9 Å². The smallest absolute Gasteiger partial charge is 0.338 e. The molecule has 140 valence electrons. The van der Waals surface area contributed by atoms with E-state index in [0.29, 0.717) is 11.3 Å². The summed E-state index contributed by atoms with van der Waals surface area (Å²) < 4.78 is 4.94. The summed E-state index contributed by atoms with van der Waals surface area (Å²) in [6.07, 6.45) is 4.89. The number of esters is 1. The lowest BCUT2D eigenvalue weighted by atomic mass is 9.85. The fourth-order valence-corrected chi connectivity index (χ4v) is 4.40. The van der Waals surface area contributed by atoms with Crippen LogP contribution in [-0.4, -0.2) is 41.7 Å². The van der Waals surface area contributed by atoms with E-state index in [4.69, 9.17) is 4.74 Å². The van der Waals surface area contributed by atoms with E-state index < -0.39 is 11.9 Å². The molecule has 2 bridgehead atoms. The van der Waals surface area contributed by atoms with Gasteiger partial charge in [-0.2, -0.15) is 0 Å².